The molecule has 0 aliphatic carbocycles. The quantitative estimate of drug-likeness (QED) is 0.460. The summed E-state index contributed by atoms with van der Waals surface area (Å²) in [5, 5.41) is 6.10. The molecule has 3 rings (SSSR count). The van der Waals surface area contributed by atoms with Crippen LogP contribution >= 0.6 is 0 Å². The number of hydrogen-bond donors (Lipinski definition) is 2. The number of benzene rings is 3. The van der Waals surface area contributed by atoms with Gasteiger partial charge in [0.05, 0.1) is 11.8 Å². The van der Waals surface area contributed by atoms with Crippen molar-refractivity contribution in [2.75, 3.05) is 0 Å². The molecule has 0 heterocycles. The third kappa shape index (κ3) is 6.30. The lowest BCUT2D eigenvalue weighted by molar-refractivity contribution is -0.123. The summed E-state index contributed by atoms with van der Waals surface area (Å²) in [5.41, 5.74) is 4.15. The van der Waals surface area contributed by atoms with E-state index in [0.29, 0.717) is 13.1 Å². The molecule has 2 atom stereocenters. The van der Waals surface area contributed by atoms with Crippen molar-refractivity contribution in [2.45, 2.75) is 51.6 Å². The van der Waals surface area contributed by atoms with Crippen LogP contribution < -0.4 is 10.6 Å². The van der Waals surface area contributed by atoms with Crippen LogP contribution in [0.4, 0.5) is 0 Å². The van der Waals surface area contributed by atoms with Crippen LogP contribution in [-0.2, 0) is 22.7 Å². The minimum atomic E-state index is -0.137. The van der Waals surface area contributed by atoms with Crippen LogP contribution in [0.1, 0.15) is 60.8 Å². The van der Waals surface area contributed by atoms with Gasteiger partial charge in [-0.15, -0.1) is 0 Å². The van der Waals surface area contributed by atoms with Gasteiger partial charge in [-0.25, -0.2) is 0 Å². The minimum Gasteiger partial charge on any atom is -0.351 e. The summed E-state index contributed by atoms with van der Waals surface area (Å²) >= 11 is 0. The molecule has 0 saturated carbocycles. The van der Waals surface area contributed by atoms with Gasteiger partial charge in [0, 0.05) is 13.1 Å². The summed E-state index contributed by atoms with van der Waals surface area (Å²) in [7, 11) is 0. The molecule has 0 aliphatic heterocycles. The normalized spacial score (nSPS) is 12.6. The highest BCUT2D eigenvalue weighted by molar-refractivity contribution is 5.84. The molecular formula is C28H32N2O2. The molecule has 0 fully saturated rings. The Balaban J connectivity index is 1.50. The summed E-state index contributed by atoms with van der Waals surface area (Å²) in [6.07, 6.45) is 1.52. The standard InChI is InChI=1S/C28H32N2O2/c1-3-25(23-11-7-5-8-12-23)27(31)29-19-21-15-17-22(18-16-21)20-30-28(32)26(4-2)24-13-9-6-10-14-24/h5-18,25-26H,3-4,19-20H2,1-2H3,(H,29,31)(H,30,32)/t25-,26-/m0/s1. The van der Waals surface area contributed by atoms with Crippen molar-refractivity contribution in [1.29, 1.82) is 0 Å². The fourth-order valence-corrected chi connectivity index (χ4v) is 3.92. The fraction of sp³-hybridized carbons (Fsp3) is 0.286. The van der Waals surface area contributed by atoms with Crippen molar-refractivity contribution in [3.63, 3.8) is 0 Å². The predicted octanol–water partition coefficient (Wildman–Crippen LogP) is 5.31. The second-order valence-electron chi connectivity index (χ2n) is 8.00. The Kier molecular flexibility index (Phi) is 8.61. The smallest absolute Gasteiger partial charge is 0.227 e. The van der Waals surface area contributed by atoms with Crippen LogP contribution in [0.2, 0.25) is 0 Å². The van der Waals surface area contributed by atoms with E-state index in [9.17, 15) is 9.59 Å². The van der Waals surface area contributed by atoms with Gasteiger partial charge in [-0.2, -0.15) is 0 Å². The lowest BCUT2D eigenvalue weighted by atomic mass is 9.95. The van der Waals surface area contributed by atoms with E-state index in [2.05, 4.69) is 10.6 Å². The molecule has 0 aliphatic rings. The van der Waals surface area contributed by atoms with Crippen LogP contribution in [0.3, 0.4) is 0 Å². The van der Waals surface area contributed by atoms with E-state index in [0.717, 1.165) is 35.1 Å². The number of hydrogen-bond acceptors (Lipinski definition) is 2. The third-order valence-electron chi connectivity index (χ3n) is 5.81. The van der Waals surface area contributed by atoms with Crippen LogP contribution in [0.25, 0.3) is 0 Å². The first-order valence-electron chi connectivity index (χ1n) is 11.4. The molecule has 2 N–H and O–H groups in total. The van der Waals surface area contributed by atoms with E-state index in [1.807, 2.05) is 98.8 Å². The minimum absolute atomic E-state index is 0.0431. The van der Waals surface area contributed by atoms with Crippen LogP contribution in [-0.4, -0.2) is 11.8 Å². The first-order chi connectivity index (χ1) is 15.6. The molecule has 2 amide bonds. The van der Waals surface area contributed by atoms with Gasteiger partial charge in [0.15, 0.2) is 0 Å². The average molecular weight is 429 g/mol. The molecule has 4 nitrogen and oxygen atoms in total. The van der Waals surface area contributed by atoms with Crippen LogP contribution in [0, 0.1) is 0 Å². The van der Waals surface area contributed by atoms with Crippen molar-refractivity contribution in [2.24, 2.45) is 0 Å². The van der Waals surface area contributed by atoms with E-state index in [-0.39, 0.29) is 23.7 Å². The third-order valence-corrected chi connectivity index (χ3v) is 5.81. The second kappa shape index (κ2) is 11.8. The van der Waals surface area contributed by atoms with E-state index < -0.39 is 0 Å². The summed E-state index contributed by atoms with van der Waals surface area (Å²) in [6, 6.07) is 27.8. The molecule has 0 radical (unpaired) electrons. The monoisotopic (exact) mass is 428 g/mol. The highest BCUT2D eigenvalue weighted by Gasteiger charge is 2.19. The van der Waals surface area contributed by atoms with Gasteiger partial charge in [0.2, 0.25) is 11.8 Å². The Morgan fingerprint density at radius 3 is 1.25 bits per heavy atom. The van der Waals surface area contributed by atoms with Gasteiger partial charge in [-0.05, 0) is 35.1 Å². The van der Waals surface area contributed by atoms with Gasteiger partial charge >= 0.3 is 0 Å². The fourth-order valence-electron chi connectivity index (χ4n) is 3.92. The Bertz CT molecular complexity index is 902. The van der Waals surface area contributed by atoms with E-state index in [4.69, 9.17) is 0 Å². The first kappa shape index (κ1) is 23.3. The predicted molar refractivity (Wildman–Crippen MR) is 129 cm³/mol. The molecule has 0 aromatic heterocycles. The summed E-state index contributed by atoms with van der Waals surface area (Å²) in [4.78, 5) is 25.3. The molecule has 0 saturated heterocycles. The van der Waals surface area contributed by atoms with E-state index >= 15 is 0 Å². The van der Waals surface area contributed by atoms with Crippen LogP contribution in [0.5, 0.6) is 0 Å². The van der Waals surface area contributed by atoms with E-state index in [1.54, 1.807) is 0 Å². The summed E-state index contributed by atoms with van der Waals surface area (Å²) < 4.78 is 0. The molecule has 3 aromatic carbocycles. The zero-order valence-electron chi connectivity index (χ0n) is 18.9. The Hall–Kier alpha value is -3.40. The first-order valence-corrected chi connectivity index (χ1v) is 11.4. The van der Waals surface area contributed by atoms with E-state index in [1.165, 1.54) is 0 Å². The Morgan fingerprint density at radius 2 is 0.938 bits per heavy atom. The average Bonchev–Trinajstić information content (AvgIpc) is 2.84. The lowest BCUT2D eigenvalue weighted by Crippen LogP contribution is -2.29. The number of amides is 2. The largest absolute Gasteiger partial charge is 0.351 e. The highest BCUT2D eigenvalue weighted by atomic mass is 16.2. The molecular weight excluding hydrogens is 396 g/mol. The van der Waals surface area contributed by atoms with Gasteiger partial charge in [-0.3, -0.25) is 9.59 Å². The maximum absolute atomic E-state index is 12.6. The van der Waals surface area contributed by atoms with Gasteiger partial charge in [-0.1, -0.05) is 98.8 Å². The van der Waals surface area contributed by atoms with Crippen molar-refractivity contribution in [1.82, 2.24) is 10.6 Å². The molecule has 0 bridgehead atoms. The molecule has 32 heavy (non-hydrogen) atoms. The van der Waals surface area contributed by atoms with Crippen molar-refractivity contribution in [3.05, 3.63) is 107 Å². The molecule has 0 spiro atoms. The van der Waals surface area contributed by atoms with Gasteiger partial charge in [0.1, 0.15) is 0 Å². The molecule has 4 heteroatoms. The van der Waals surface area contributed by atoms with Crippen LogP contribution in [0.15, 0.2) is 84.9 Å². The second-order valence-corrected chi connectivity index (χ2v) is 8.00. The topological polar surface area (TPSA) is 58.2 Å². The molecule has 3 aromatic rings. The van der Waals surface area contributed by atoms with Crippen molar-refractivity contribution < 1.29 is 9.59 Å². The number of nitrogens with one attached hydrogen (secondary N) is 2. The number of carbonyl (C=O) groups is 2. The SMILES string of the molecule is CC[C@H](C(=O)NCc1ccc(CNC(=O)[C@@H](CC)c2ccccc2)cc1)c1ccccc1. The van der Waals surface area contributed by atoms with Crippen molar-refractivity contribution in [3.8, 4) is 0 Å². The zero-order valence-corrected chi connectivity index (χ0v) is 18.9. The zero-order chi connectivity index (χ0) is 22.8. The van der Waals surface area contributed by atoms with Gasteiger partial charge < -0.3 is 10.6 Å². The molecule has 0 unspecified atom stereocenters. The Labute approximate surface area is 191 Å². The number of rotatable bonds is 10. The van der Waals surface area contributed by atoms with Gasteiger partial charge in [0.25, 0.3) is 0 Å². The lowest BCUT2D eigenvalue weighted by Gasteiger charge is -2.16. The Morgan fingerprint density at radius 1 is 0.594 bits per heavy atom. The van der Waals surface area contributed by atoms with Crippen molar-refractivity contribution >= 4 is 11.8 Å². The summed E-state index contributed by atoms with van der Waals surface area (Å²) in [6.45, 7) is 5.03. The highest BCUT2D eigenvalue weighted by Crippen LogP contribution is 2.20. The number of carbonyl (C=O) groups excluding carboxylic acids is 2. The molecule has 166 valence electrons. The summed E-state index contributed by atoms with van der Waals surface area (Å²) in [5.74, 6) is -0.188. The maximum Gasteiger partial charge on any atom is 0.227 e. The maximum atomic E-state index is 12.6.